The van der Waals surface area contributed by atoms with Crippen molar-refractivity contribution in [2.45, 2.75) is 0 Å². The summed E-state index contributed by atoms with van der Waals surface area (Å²) in [5, 5.41) is 3.48. The predicted molar refractivity (Wildman–Crippen MR) is 121 cm³/mol. The van der Waals surface area contributed by atoms with Crippen LogP contribution < -0.4 is 5.32 Å². The molecule has 1 heterocycles. The van der Waals surface area contributed by atoms with Crippen LogP contribution in [0.3, 0.4) is 0 Å². The molecule has 0 aliphatic carbocycles. The molecule has 142 valence electrons. The van der Waals surface area contributed by atoms with E-state index < -0.39 is 5.91 Å². The normalized spacial score (nSPS) is 15.6. The molecule has 0 unspecified atom stereocenters. The van der Waals surface area contributed by atoms with Gasteiger partial charge in [0.25, 0.3) is 5.91 Å². The van der Waals surface area contributed by atoms with Gasteiger partial charge in [-0.1, -0.05) is 89.7 Å². The monoisotopic (exact) mass is 448 g/mol. The molecule has 1 aliphatic heterocycles. The Labute approximate surface area is 182 Å². The zero-order chi connectivity index (χ0) is 20.1. The molecule has 1 fully saturated rings. The molecule has 8 heteroatoms. The van der Waals surface area contributed by atoms with Crippen molar-refractivity contribution < 1.29 is 9.59 Å². The fourth-order valence-electron chi connectivity index (χ4n) is 2.43. The Bertz CT molecular complexity index is 971. The standard InChI is InChI=1S/C20H14Cl2N2O2S2/c21-14-9-15(22)11-16(10-14)23-18(25)12-24-19(26)17(28-20(24)27)8-4-7-13-5-2-1-3-6-13/h1-11H,12H2,(H,23,25). The minimum absolute atomic E-state index is 0.186. The number of hydrogen-bond donors (Lipinski definition) is 1. The molecule has 2 aromatic carbocycles. The van der Waals surface area contributed by atoms with Crippen molar-refractivity contribution in [1.82, 2.24) is 4.90 Å². The number of carbonyl (C=O) groups excluding carboxylic acids is 2. The molecule has 1 aliphatic rings. The first kappa shape index (κ1) is 20.6. The molecule has 3 rings (SSSR count). The topological polar surface area (TPSA) is 49.4 Å². The molecular formula is C20H14Cl2N2O2S2. The second-order valence-corrected chi connectivity index (χ2v) is 8.31. The van der Waals surface area contributed by atoms with Gasteiger partial charge in [0.1, 0.15) is 10.9 Å². The van der Waals surface area contributed by atoms with Gasteiger partial charge in [-0.2, -0.15) is 0 Å². The maximum absolute atomic E-state index is 12.5. The summed E-state index contributed by atoms with van der Waals surface area (Å²) in [4.78, 5) is 26.6. The minimum Gasteiger partial charge on any atom is -0.324 e. The molecule has 2 amide bonds. The van der Waals surface area contributed by atoms with Crippen LogP contribution in [0.1, 0.15) is 5.56 Å². The molecule has 0 aromatic heterocycles. The van der Waals surface area contributed by atoms with Gasteiger partial charge in [0.2, 0.25) is 5.91 Å². The van der Waals surface area contributed by atoms with Crippen molar-refractivity contribution in [3.8, 4) is 0 Å². The summed E-state index contributed by atoms with van der Waals surface area (Å²) >= 11 is 18.3. The molecule has 4 nitrogen and oxygen atoms in total. The van der Waals surface area contributed by atoms with Gasteiger partial charge in [0, 0.05) is 15.7 Å². The van der Waals surface area contributed by atoms with E-state index in [9.17, 15) is 9.59 Å². The summed E-state index contributed by atoms with van der Waals surface area (Å²) in [6.07, 6.45) is 5.37. The summed E-state index contributed by atoms with van der Waals surface area (Å²) in [6, 6.07) is 14.4. The Morgan fingerprint density at radius 3 is 2.50 bits per heavy atom. The van der Waals surface area contributed by atoms with Crippen LogP contribution in [0.5, 0.6) is 0 Å². The fourth-order valence-corrected chi connectivity index (χ4v) is 4.16. The SMILES string of the molecule is O=C(CN1C(=O)C(=CC=Cc2ccccc2)SC1=S)Nc1cc(Cl)cc(Cl)c1. The summed E-state index contributed by atoms with van der Waals surface area (Å²) in [6.45, 7) is -0.186. The first-order valence-electron chi connectivity index (χ1n) is 8.15. The van der Waals surface area contributed by atoms with Crippen LogP contribution in [-0.4, -0.2) is 27.6 Å². The lowest BCUT2D eigenvalue weighted by Gasteiger charge is -2.14. The number of thioether (sulfide) groups is 1. The highest BCUT2D eigenvalue weighted by molar-refractivity contribution is 8.26. The van der Waals surface area contributed by atoms with Crippen LogP contribution in [0.4, 0.5) is 5.69 Å². The number of nitrogens with zero attached hydrogens (tertiary/aromatic N) is 1. The van der Waals surface area contributed by atoms with Gasteiger partial charge in [-0.15, -0.1) is 0 Å². The highest BCUT2D eigenvalue weighted by Crippen LogP contribution is 2.31. The maximum atomic E-state index is 12.5. The third-order valence-corrected chi connectivity index (χ3v) is 5.49. The van der Waals surface area contributed by atoms with Crippen molar-refractivity contribution in [3.05, 3.63) is 81.2 Å². The molecule has 0 spiro atoms. The van der Waals surface area contributed by atoms with E-state index in [4.69, 9.17) is 35.4 Å². The van der Waals surface area contributed by atoms with E-state index in [1.165, 1.54) is 16.7 Å². The molecule has 0 saturated carbocycles. The van der Waals surface area contributed by atoms with Crippen LogP contribution in [-0.2, 0) is 9.59 Å². The smallest absolute Gasteiger partial charge is 0.266 e. The van der Waals surface area contributed by atoms with Crippen molar-refractivity contribution >= 4 is 75.1 Å². The Morgan fingerprint density at radius 2 is 1.82 bits per heavy atom. The summed E-state index contributed by atoms with van der Waals surface area (Å²) in [7, 11) is 0. The van der Waals surface area contributed by atoms with Gasteiger partial charge in [-0.3, -0.25) is 14.5 Å². The van der Waals surface area contributed by atoms with Gasteiger partial charge in [0.05, 0.1) is 4.91 Å². The Morgan fingerprint density at radius 1 is 1.14 bits per heavy atom. The second-order valence-electron chi connectivity index (χ2n) is 5.77. The first-order valence-corrected chi connectivity index (χ1v) is 10.1. The number of halogens is 2. The number of amides is 2. The Balaban J connectivity index is 1.64. The Kier molecular flexibility index (Phi) is 6.91. The molecular weight excluding hydrogens is 435 g/mol. The van der Waals surface area contributed by atoms with Crippen molar-refractivity contribution in [3.63, 3.8) is 0 Å². The van der Waals surface area contributed by atoms with Crippen LogP contribution >= 0.6 is 47.2 Å². The Hall–Kier alpha value is -2.12. The largest absolute Gasteiger partial charge is 0.324 e. The zero-order valence-corrected chi connectivity index (χ0v) is 17.5. The molecule has 0 bridgehead atoms. The van der Waals surface area contributed by atoms with E-state index >= 15 is 0 Å². The van der Waals surface area contributed by atoms with Crippen LogP contribution in [0, 0.1) is 0 Å². The van der Waals surface area contributed by atoms with Crippen molar-refractivity contribution in [2.75, 3.05) is 11.9 Å². The number of hydrogen-bond acceptors (Lipinski definition) is 4. The van der Waals surface area contributed by atoms with Gasteiger partial charge in [0.15, 0.2) is 0 Å². The third kappa shape index (κ3) is 5.45. The van der Waals surface area contributed by atoms with E-state index in [-0.39, 0.29) is 12.5 Å². The van der Waals surface area contributed by atoms with Crippen LogP contribution in [0.25, 0.3) is 6.08 Å². The van der Waals surface area contributed by atoms with Crippen molar-refractivity contribution in [2.24, 2.45) is 0 Å². The maximum Gasteiger partial charge on any atom is 0.266 e. The number of anilines is 1. The number of rotatable bonds is 5. The van der Waals surface area contributed by atoms with E-state index in [0.29, 0.717) is 25.0 Å². The average Bonchev–Trinajstić information content (AvgIpc) is 2.89. The lowest BCUT2D eigenvalue weighted by molar-refractivity contribution is -0.126. The van der Waals surface area contributed by atoms with Gasteiger partial charge >= 0.3 is 0 Å². The van der Waals surface area contributed by atoms with Gasteiger partial charge < -0.3 is 5.32 Å². The number of nitrogens with one attached hydrogen (secondary N) is 1. The van der Waals surface area contributed by atoms with Crippen LogP contribution in [0.2, 0.25) is 10.0 Å². The average molecular weight is 449 g/mol. The quantitative estimate of drug-likeness (QED) is 0.491. The molecule has 1 saturated heterocycles. The van der Waals surface area contributed by atoms with Gasteiger partial charge in [-0.25, -0.2) is 0 Å². The zero-order valence-electron chi connectivity index (χ0n) is 14.4. The second kappa shape index (κ2) is 9.39. The van der Waals surface area contributed by atoms with E-state index in [1.807, 2.05) is 36.4 Å². The minimum atomic E-state index is -0.393. The van der Waals surface area contributed by atoms with E-state index in [2.05, 4.69) is 5.32 Å². The number of benzene rings is 2. The molecule has 28 heavy (non-hydrogen) atoms. The summed E-state index contributed by atoms with van der Waals surface area (Å²) in [5.74, 6) is -0.692. The highest BCUT2D eigenvalue weighted by Gasteiger charge is 2.33. The summed E-state index contributed by atoms with van der Waals surface area (Å²) < 4.78 is 0.337. The molecule has 0 atom stereocenters. The molecule has 1 N–H and O–H groups in total. The molecule has 0 radical (unpaired) electrons. The number of thiocarbonyl (C=S) groups is 1. The first-order chi connectivity index (χ1) is 13.4. The van der Waals surface area contributed by atoms with Crippen molar-refractivity contribution in [1.29, 1.82) is 0 Å². The highest BCUT2D eigenvalue weighted by atomic mass is 35.5. The predicted octanol–water partition coefficient (Wildman–Crippen LogP) is 5.39. The lowest BCUT2D eigenvalue weighted by atomic mass is 10.2. The number of allylic oxidation sites excluding steroid dienone is 2. The van der Waals surface area contributed by atoms with E-state index in [0.717, 1.165) is 5.56 Å². The third-order valence-electron chi connectivity index (χ3n) is 3.66. The van der Waals surface area contributed by atoms with E-state index in [1.54, 1.807) is 30.4 Å². The van der Waals surface area contributed by atoms with Crippen LogP contribution in [0.15, 0.2) is 65.6 Å². The van der Waals surface area contributed by atoms with Gasteiger partial charge in [-0.05, 0) is 29.8 Å². The molecule has 2 aromatic rings. The number of carbonyl (C=O) groups is 2. The lowest BCUT2D eigenvalue weighted by Crippen LogP contribution is -2.36. The fraction of sp³-hybridized carbons (Fsp3) is 0.0500. The summed E-state index contributed by atoms with van der Waals surface area (Å²) in [5.41, 5.74) is 1.48.